The molecule has 16 heavy (non-hydrogen) atoms. The second-order valence-corrected chi connectivity index (χ2v) is 3.58. The van der Waals surface area contributed by atoms with Gasteiger partial charge in [-0.3, -0.25) is 0 Å². The van der Waals surface area contributed by atoms with Gasteiger partial charge in [-0.05, 0) is 23.4 Å². The summed E-state index contributed by atoms with van der Waals surface area (Å²) in [6, 6.07) is 4.14. The molecule has 0 unspecified atom stereocenters. The molecule has 0 spiro atoms. The summed E-state index contributed by atoms with van der Waals surface area (Å²) in [5.74, 6) is 0.177. The van der Waals surface area contributed by atoms with Crippen molar-refractivity contribution in [1.82, 2.24) is 20.2 Å². The summed E-state index contributed by atoms with van der Waals surface area (Å²) in [6.45, 7) is 0.388. The van der Waals surface area contributed by atoms with E-state index in [-0.39, 0.29) is 5.82 Å². The maximum Gasteiger partial charge on any atom is 0.193 e. The number of aryl methyl sites for hydroxylation is 1. The zero-order valence-corrected chi connectivity index (χ0v) is 9.24. The highest BCUT2D eigenvalue weighted by molar-refractivity contribution is 6.33. The highest BCUT2D eigenvalue weighted by Gasteiger charge is 2.04. The Balaban J connectivity index is 2.04. The Kier molecular flexibility index (Phi) is 3.00. The fourth-order valence-electron chi connectivity index (χ4n) is 1.20. The fraction of sp³-hybridized carbons (Fsp3) is 0.222. The number of anilines is 1. The third kappa shape index (κ3) is 2.46. The van der Waals surface area contributed by atoms with Crippen molar-refractivity contribution in [3.8, 4) is 0 Å². The first-order valence-corrected chi connectivity index (χ1v) is 4.95. The van der Waals surface area contributed by atoms with E-state index in [9.17, 15) is 4.39 Å². The van der Waals surface area contributed by atoms with Crippen LogP contribution >= 0.6 is 11.6 Å². The minimum Gasteiger partial charge on any atom is -0.376 e. The van der Waals surface area contributed by atoms with Gasteiger partial charge in [0.2, 0.25) is 0 Å². The first kappa shape index (κ1) is 10.8. The van der Waals surface area contributed by atoms with Gasteiger partial charge < -0.3 is 5.32 Å². The van der Waals surface area contributed by atoms with Crippen molar-refractivity contribution in [1.29, 1.82) is 0 Å². The standard InChI is InChI=1S/C9H9ClFN5/c1-16-14-9(13-15-16)5-12-8-3-2-6(11)4-7(8)10/h2-4,12H,5H2,1H3. The highest BCUT2D eigenvalue weighted by Crippen LogP contribution is 2.22. The van der Waals surface area contributed by atoms with Crippen LogP contribution in [0.4, 0.5) is 10.1 Å². The molecule has 7 heteroatoms. The number of halogens is 2. The molecule has 0 saturated carbocycles. The predicted octanol–water partition coefficient (Wildman–Crippen LogP) is 1.61. The smallest absolute Gasteiger partial charge is 0.193 e. The molecule has 0 saturated heterocycles. The Labute approximate surface area is 96.2 Å². The van der Waals surface area contributed by atoms with E-state index in [1.54, 1.807) is 13.1 Å². The van der Waals surface area contributed by atoms with Crippen LogP contribution in [0.25, 0.3) is 0 Å². The molecule has 0 radical (unpaired) electrons. The number of benzene rings is 1. The van der Waals surface area contributed by atoms with Crippen LogP contribution in [0, 0.1) is 5.82 Å². The molecule has 5 nitrogen and oxygen atoms in total. The summed E-state index contributed by atoms with van der Waals surface area (Å²) in [5.41, 5.74) is 0.635. The lowest BCUT2D eigenvalue weighted by molar-refractivity contribution is 0.627. The average Bonchev–Trinajstić information content (AvgIpc) is 2.63. The molecule has 84 valence electrons. The van der Waals surface area contributed by atoms with Gasteiger partial charge in [-0.25, -0.2) is 4.39 Å². The molecule has 0 amide bonds. The van der Waals surface area contributed by atoms with E-state index >= 15 is 0 Å². The van der Waals surface area contributed by atoms with Gasteiger partial charge in [-0.2, -0.15) is 4.80 Å². The van der Waals surface area contributed by atoms with Gasteiger partial charge >= 0.3 is 0 Å². The number of aromatic nitrogens is 4. The first-order valence-electron chi connectivity index (χ1n) is 4.57. The largest absolute Gasteiger partial charge is 0.376 e. The second kappa shape index (κ2) is 4.44. The summed E-state index contributed by atoms with van der Waals surface area (Å²) < 4.78 is 12.8. The van der Waals surface area contributed by atoms with Gasteiger partial charge in [0.25, 0.3) is 0 Å². The Hall–Kier alpha value is -1.69. The number of rotatable bonds is 3. The lowest BCUT2D eigenvalue weighted by Gasteiger charge is -2.05. The molecule has 0 aliphatic rings. The summed E-state index contributed by atoms with van der Waals surface area (Å²) >= 11 is 5.84. The molecule has 1 aromatic heterocycles. The molecule has 0 atom stereocenters. The van der Waals surface area contributed by atoms with Crippen LogP contribution < -0.4 is 5.32 Å². The highest BCUT2D eigenvalue weighted by atomic mass is 35.5. The summed E-state index contributed by atoms with van der Waals surface area (Å²) in [7, 11) is 1.68. The number of nitrogens with one attached hydrogen (secondary N) is 1. The van der Waals surface area contributed by atoms with Crippen LogP contribution in [0.1, 0.15) is 5.82 Å². The van der Waals surface area contributed by atoms with Crippen LogP contribution in [0.2, 0.25) is 5.02 Å². The summed E-state index contributed by atoms with van der Waals surface area (Å²) in [5, 5.41) is 14.8. The van der Waals surface area contributed by atoms with Gasteiger partial charge in [-0.15, -0.1) is 10.2 Å². The van der Waals surface area contributed by atoms with Crippen molar-refractivity contribution >= 4 is 17.3 Å². The zero-order valence-electron chi connectivity index (χ0n) is 8.48. The molecule has 2 aromatic rings. The third-order valence-corrected chi connectivity index (χ3v) is 2.23. The van der Waals surface area contributed by atoms with E-state index in [1.165, 1.54) is 16.9 Å². The molecule has 1 heterocycles. The van der Waals surface area contributed by atoms with Crippen molar-refractivity contribution in [2.75, 3.05) is 5.32 Å². The quantitative estimate of drug-likeness (QED) is 0.887. The Morgan fingerprint density at radius 1 is 1.50 bits per heavy atom. The van der Waals surface area contributed by atoms with Gasteiger partial charge in [0.1, 0.15) is 5.82 Å². The van der Waals surface area contributed by atoms with Crippen LogP contribution in [0.3, 0.4) is 0 Å². The fourth-order valence-corrected chi connectivity index (χ4v) is 1.44. The van der Waals surface area contributed by atoms with E-state index in [1.807, 2.05) is 0 Å². The van der Waals surface area contributed by atoms with Gasteiger partial charge in [0.05, 0.1) is 24.3 Å². The molecule has 0 aliphatic heterocycles. The second-order valence-electron chi connectivity index (χ2n) is 3.17. The number of hydrogen-bond acceptors (Lipinski definition) is 4. The lowest BCUT2D eigenvalue weighted by atomic mass is 10.3. The third-order valence-electron chi connectivity index (χ3n) is 1.92. The number of hydrogen-bond donors (Lipinski definition) is 1. The SMILES string of the molecule is Cn1nnc(CNc2ccc(F)cc2Cl)n1. The molecular weight excluding hydrogens is 233 g/mol. The lowest BCUT2D eigenvalue weighted by Crippen LogP contribution is -2.02. The van der Waals surface area contributed by atoms with Gasteiger partial charge in [0, 0.05) is 0 Å². The Morgan fingerprint density at radius 2 is 2.31 bits per heavy atom. The zero-order chi connectivity index (χ0) is 11.5. The maximum absolute atomic E-state index is 12.8. The summed E-state index contributed by atoms with van der Waals surface area (Å²) in [4.78, 5) is 1.36. The van der Waals surface area contributed by atoms with E-state index in [0.717, 1.165) is 0 Å². The van der Waals surface area contributed by atoms with Gasteiger partial charge in [-0.1, -0.05) is 11.6 Å². The monoisotopic (exact) mass is 241 g/mol. The normalized spacial score (nSPS) is 10.4. The first-order chi connectivity index (χ1) is 7.65. The van der Waals surface area contributed by atoms with Crippen LogP contribution in [-0.4, -0.2) is 20.2 Å². The Morgan fingerprint density at radius 3 is 2.94 bits per heavy atom. The van der Waals surface area contributed by atoms with Crippen molar-refractivity contribution in [3.05, 3.63) is 34.9 Å². The molecule has 0 bridgehead atoms. The van der Waals surface area contributed by atoms with Crippen molar-refractivity contribution < 1.29 is 4.39 Å². The number of nitrogens with zero attached hydrogens (tertiary/aromatic N) is 4. The summed E-state index contributed by atoms with van der Waals surface area (Å²) in [6.07, 6.45) is 0. The number of tetrazole rings is 1. The molecular formula is C9H9ClFN5. The molecule has 0 fully saturated rings. The van der Waals surface area contributed by atoms with E-state index < -0.39 is 0 Å². The topological polar surface area (TPSA) is 55.6 Å². The van der Waals surface area contributed by atoms with E-state index in [4.69, 9.17) is 11.6 Å². The van der Waals surface area contributed by atoms with Crippen LogP contribution in [0.5, 0.6) is 0 Å². The minimum absolute atomic E-state index is 0.323. The van der Waals surface area contributed by atoms with Crippen molar-refractivity contribution in [2.45, 2.75) is 6.54 Å². The minimum atomic E-state index is -0.367. The van der Waals surface area contributed by atoms with Crippen molar-refractivity contribution in [3.63, 3.8) is 0 Å². The molecule has 0 aliphatic carbocycles. The van der Waals surface area contributed by atoms with Crippen molar-refractivity contribution in [2.24, 2.45) is 7.05 Å². The molecule has 1 aromatic carbocycles. The Bertz CT molecular complexity index is 498. The van der Waals surface area contributed by atoms with E-state index in [2.05, 4.69) is 20.7 Å². The molecule has 1 N–H and O–H groups in total. The average molecular weight is 242 g/mol. The van der Waals surface area contributed by atoms with E-state index in [0.29, 0.717) is 23.1 Å². The molecule has 2 rings (SSSR count). The maximum atomic E-state index is 12.8. The predicted molar refractivity (Wildman–Crippen MR) is 57.5 cm³/mol. The van der Waals surface area contributed by atoms with Crippen LogP contribution in [-0.2, 0) is 13.6 Å². The van der Waals surface area contributed by atoms with Gasteiger partial charge in [0.15, 0.2) is 5.82 Å². The van der Waals surface area contributed by atoms with Crippen LogP contribution in [0.15, 0.2) is 18.2 Å².